The summed E-state index contributed by atoms with van der Waals surface area (Å²) in [6, 6.07) is 5.68. The van der Waals surface area contributed by atoms with E-state index in [1.807, 2.05) is 23.1 Å². The Kier molecular flexibility index (Phi) is 2.58. The number of carbonyl (C=O) groups is 2. The first-order valence-corrected chi connectivity index (χ1v) is 6.37. The maximum absolute atomic E-state index is 12.1. The Hall–Kier alpha value is -1.84. The van der Waals surface area contributed by atoms with Gasteiger partial charge in [-0.05, 0) is 36.6 Å². The molecule has 1 aromatic carbocycles. The van der Waals surface area contributed by atoms with Gasteiger partial charge in [-0.1, -0.05) is 0 Å². The zero-order valence-corrected chi connectivity index (χ0v) is 10.5. The van der Waals surface area contributed by atoms with Gasteiger partial charge in [0.15, 0.2) is 0 Å². The van der Waals surface area contributed by atoms with Gasteiger partial charge < -0.3 is 9.80 Å². The fourth-order valence-electron chi connectivity index (χ4n) is 2.56. The minimum Gasteiger partial charge on any atom is -0.339 e. The van der Waals surface area contributed by atoms with E-state index in [0.717, 1.165) is 49.3 Å². The summed E-state index contributed by atoms with van der Waals surface area (Å²) in [5.41, 5.74) is 2.82. The van der Waals surface area contributed by atoms with Crippen molar-refractivity contribution in [3.8, 4) is 0 Å². The summed E-state index contributed by atoms with van der Waals surface area (Å²) in [4.78, 5) is 27.2. The van der Waals surface area contributed by atoms with Crippen molar-refractivity contribution in [2.45, 2.75) is 19.8 Å². The van der Waals surface area contributed by atoms with Gasteiger partial charge in [0, 0.05) is 37.8 Å². The molecule has 0 aromatic heterocycles. The first kappa shape index (κ1) is 11.3. The molecule has 2 aliphatic heterocycles. The van der Waals surface area contributed by atoms with Gasteiger partial charge in [0.25, 0.3) is 5.91 Å². The van der Waals surface area contributed by atoms with Crippen LogP contribution in [0.25, 0.3) is 0 Å². The van der Waals surface area contributed by atoms with Gasteiger partial charge in [-0.3, -0.25) is 9.59 Å². The third kappa shape index (κ3) is 1.68. The van der Waals surface area contributed by atoms with Crippen LogP contribution in [0.4, 0.5) is 5.69 Å². The molecule has 0 atom stereocenters. The lowest BCUT2D eigenvalue weighted by Crippen LogP contribution is -2.42. The molecular weight excluding hydrogens is 228 g/mol. The van der Waals surface area contributed by atoms with E-state index < -0.39 is 0 Å². The number of fused-ring (bicyclic) bond motifs is 1. The van der Waals surface area contributed by atoms with Crippen LogP contribution in [0, 0.1) is 0 Å². The molecule has 0 aliphatic carbocycles. The fourth-order valence-corrected chi connectivity index (χ4v) is 2.56. The Balaban J connectivity index is 1.88. The van der Waals surface area contributed by atoms with E-state index in [1.54, 1.807) is 11.8 Å². The number of hydrogen-bond donors (Lipinski definition) is 0. The third-order valence-corrected chi connectivity index (χ3v) is 3.75. The van der Waals surface area contributed by atoms with Crippen LogP contribution in [0.3, 0.4) is 0 Å². The number of benzene rings is 1. The molecule has 0 bridgehead atoms. The molecule has 1 saturated heterocycles. The summed E-state index contributed by atoms with van der Waals surface area (Å²) in [6.45, 7) is 4.05. The SMILES string of the molecule is CC(=O)N1CCc2cc(C(=O)N3CCC3)ccc21. The number of hydrogen-bond acceptors (Lipinski definition) is 2. The molecule has 94 valence electrons. The second-order valence-corrected chi connectivity index (χ2v) is 4.91. The van der Waals surface area contributed by atoms with Crippen LogP contribution in [0.5, 0.6) is 0 Å². The van der Waals surface area contributed by atoms with E-state index in [0.29, 0.717) is 0 Å². The molecule has 2 heterocycles. The Morgan fingerprint density at radius 3 is 2.56 bits per heavy atom. The molecule has 0 spiro atoms. The smallest absolute Gasteiger partial charge is 0.253 e. The minimum absolute atomic E-state index is 0.0653. The van der Waals surface area contributed by atoms with Gasteiger partial charge in [-0.2, -0.15) is 0 Å². The van der Waals surface area contributed by atoms with Crippen molar-refractivity contribution in [3.05, 3.63) is 29.3 Å². The molecular formula is C14H16N2O2. The van der Waals surface area contributed by atoms with Crippen LogP contribution in [-0.2, 0) is 11.2 Å². The van der Waals surface area contributed by atoms with Crippen LogP contribution in [0.1, 0.15) is 29.3 Å². The molecule has 1 aromatic rings. The Labute approximate surface area is 106 Å². The predicted octanol–water partition coefficient (Wildman–Crippen LogP) is 1.44. The number of rotatable bonds is 1. The summed E-state index contributed by atoms with van der Waals surface area (Å²) in [6.07, 6.45) is 1.95. The summed E-state index contributed by atoms with van der Waals surface area (Å²) in [5, 5.41) is 0. The van der Waals surface area contributed by atoms with Crippen molar-refractivity contribution in [3.63, 3.8) is 0 Å². The monoisotopic (exact) mass is 244 g/mol. The van der Waals surface area contributed by atoms with E-state index in [-0.39, 0.29) is 11.8 Å². The van der Waals surface area contributed by atoms with E-state index in [9.17, 15) is 9.59 Å². The molecule has 18 heavy (non-hydrogen) atoms. The fraction of sp³-hybridized carbons (Fsp3) is 0.429. The van der Waals surface area contributed by atoms with Gasteiger partial charge in [-0.15, -0.1) is 0 Å². The molecule has 3 rings (SSSR count). The van der Waals surface area contributed by atoms with Crippen LogP contribution in [0.15, 0.2) is 18.2 Å². The first-order chi connectivity index (χ1) is 8.66. The van der Waals surface area contributed by atoms with Gasteiger partial charge in [0.1, 0.15) is 0 Å². The molecule has 1 fully saturated rings. The maximum atomic E-state index is 12.1. The molecule has 0 unspecified atom stereocenters. The molecule has 0 saturated carbocycles. The third-order valence-electron chi connectivity index (χ3n) is 3.75. The highest BCUT2D eigenvalue weighted by molar-refractivity contribution is 5.98. The summed E-state index contributed by atoms with van der Waals surface area (Å²) in [7, 11) is 0. The lowest BCUT2D eigenvalue weighted by Gasteiger charge is -2.31. The van der Waals surface area contributed by atoms with Crippen LogP contribution in [-0.4, -0.2) is 36.3 Å². The Morgan fingerprint density at radius 1 is 1.17 bits per heavy atom. The van der Waals surface area contributed by atoms with Gasteiger partial charge in [-0.25, -0.2) is 0 Å². The normalized spacial score (nSPS) is 17.4. The average molecular weight is 244 g/mol. The van der Waals surface area contributed by atoms with Gasteiger partial charge in [0.2, 0.25) is 5.91 Å². The zero-order valence-electron chi connectivity index (χ0n) is 10.5. The second-order valence-electron chi connectivity index (χ2n) is 4.91. The van der Waals surface area contributed by atoms with E-state index in [4.69, 9.17) is 0 Å². The van der Waals surface area contributed by atoms with Crippen LogP contribution < -0.4 is 4.90 Å². The van der Waals surface area contributed by atoms with Crippen molar-refractivity contribution in [2.24, 2.45) is 0 Å². The highest BCUT2D eigenvalue weighted by Gasteiger charge is 2.26. The number of likely N-dealkylation sites (tertiary alicyclic amines) is 1. The van der Waals surface area contributed by atoms with Gasteiger partial charge >= 0.3 is 0 Å². The lowest BCUT2D eigenvalue weighted by molar-refractivity contribution is -0.116. The zero-order chi connectivity index (χ0) is 12.7. The molecule has 4 nitrogen and oxygen atoms in total. The number of carbonyl (C=O) groups excluding carboxylic acids is 2. The largest absolute Gasteiger partial charge is 0.339 e. The molecule has 2 amide bonds. The highest BCUT2D eigenvalue weighted by Crippen LogP contribution is 2.29. The highest BCUT2D eigenvalue weighted by atomic mass is 16.2. The number of amides is 2. The standard InChI is InChI=1S/C14H16N2O2/c1-10(17)16-8-5-11-9-12(3-4-13(11)16)14(18)15-6-2-7-15/h3-4,9H,2,5-8H2,1H3. The van der Waals surface area contributed by atoms with Crippen molar-refractivity contribution < 1.29 is 9.59 Å². The molecule has 4 heteroatoms. The van der Waals surface area contributed by atoms with Crippen molar-refractivity contribution in [2.75, 3.05) is 24.5 Å². The molecule has 2 aliphatic rings. The molecule has 0 N–H and O–H groups in total. The number of anilines is 1. The summed E-state index contributed by atoms with van der Waals surface area (Å²) >= 11 is 0. The van der Waals surface area contributed by atoms with Crippen molar-refractivity contribution in [1.29, 1.82) is 0 Å². The second kappa shape index (κ2) is 4.12. The average Bonchev–Trinajstić information content (AvgIpc) is 2.68. The molecule has 0 radical (unpaired) electrons. The van der Waals surface area contributed by atoms with Crippen LogP contribution in [0.2, 0.25) is 0 Å². The topological polar surface area (TPSA) is 40.6 Å². The van der Waals surface area contributed by atoms with E-state index in [2.05, 4.69) is 0 Å². The minimum atomic E-state index is 0.0653. The summed E-state index contributed by atoms with van der Waals surface area (Å²) in [5.74, 6) is 0.181. The predicted molar refractivity (Wildman–Crippen MR) is 68.7 cm³/mol. The lowest BCUT2D eigenvalue weighted by atomic mass is 10.1. The van der Waals surface area contributed by atoms with E-state index in [1.165, 1.54) is 0 Å². The quantitative estimate of drug-likeness (QED) is 0.750. The van der Waals surface area contributed by atoms with Crippen LogP contribution >= 0.6 is 0 Å². The van der Waals surface area contributed by atoms with Crippen molar-refractivity contribution in [1.82, 2.24) is 4.90 Å². The summed E-state index contributed by atoms with van der Waals surface area (Å²) < 4.78 is 0. The Morgan fingerprint density at radius 2 is 1.94 bits per heavy atom. The van der Waals surface area contributed by atoms with Gasteiger partial charge in [0.05, 0.1) is 0 Å². The Bertz CT molecular complexity index is 521. The van der Waals surface area contributed by atoms with Crippen molar-refractivity contribution >= 4 is 17.5 Å². The first-order valence-electron chi connectivity index (χ1n) is 6.37. The number of nitrogens with zero attached hydrogens (tertiary/aromatic N) is 2. The van der Waals surface area contributed by atoms with E-state index >= 15 is 0 Å². The maximum Gasteiger partial charge on any atom is 0.253 e.